The van der Waals surface area contributed by atoms with Gasteiger partial charge in [0.1, 0.15) is 24.4 Å². The van der Waals surface area contributed by atoms with Gasteiger partial charge in [-0.25, -0.2) is 19.2 Å². The zero-order chi connectivity index (χ0) is 24.3. The van der Waals surface area contributed by atoms with Crippen LogP contribution in [0.4, 0.5) is 9.59 Å². The third-order valence-electron chi connectivity index (χ3n) is 3.12. The fraction of sp³-hybridized carbons (Fsp3) is 0.250. The maximum Gasteiger partial charge on any atom is 0.514 e. The molecule has 0 saturated carbocycles. The molecule has 32 heavy (non-hydrogen) atoms. The summed E-state index contributed by atoms with van der Waals surface area (Å²) in [5.41, 5.74) is -2.13. The lowest BCUT2D eigenvalue weighted by Crippen LogP contribution is -2.21. The van der Waals surface area contributed by atoms with Crippen molar-refractivity contribution in [1.29, 1.82) is 0 Å². The van der Waals surface area contributed by atoms with E-state index >= 15 is 0 Å². The summed E-state index contributed by atoms with van der Waals surface area (Å²) in [6.45, 7) is -1.38. The van der Waals surface area contributed by atoms with Crippen molar-refractivity contribution in [3.63, 3.8) is 0 Å². The molecule has 16 heteroatoms. The molecule has 0 amide bonds. The van der Waals surface area contributed by atoms with E-state index in [2.05, 4.69) is 9.47 Å². The second kappa shape index (κ2) is 10.4. The van der Waals surface area contributed by atoms with Crippen molar-refractivity contribution in [2.75, 3.05) is 13.2 Å². The Kier molecular flexibility index (Phi) is 8.60. The van der Waals surface area contributed by atoms with E-state index in [1.807, 2.05) is 0 Å². The van der Waals surface area contributed by atoms with Crippen molar-refractivity contribution in [2.45, 2.75) is 7.59 Å². The van der Waals surface area contributed by atoms with Crippen LogP contribution in [0, 0.1) is 0 Å². The van der Waals surface area contributed by atoms with Gasteiger partial charge in [-0.05, 0) is 12.1 Å². The number of carboxylic acids is 1. The Hall–Kier alpha value is -1.82. The zero-order valence-corrected chi connectivity index (χ0v) is 19.6. The summed E-state index contributed by atoms with van der Waals surface area (Å²) >= 11 is 32.8. The zero-order valence-electron chi connectivity index (χ0n) is 15.0. The van der Waals surface area contributed by atoms with Crippen molar-refractivity contribution < 1.29 is 42.9 Å². The Balaban J connectivity index is 2.41. The molecule has 1 heterocycles. The average molecular weight is 573 g/mol. The number of benzene rings is 1. The minimum absolute atomic E-state index is 0.0202. The van der Waals surface area contributed by atoms with Gasteiger partial charge in [0.05, 0.1) is 0 Å². The number of rotatable bonds is 5. The summed E-state index contributed by atoms with van der Waals surface area (Å²) in [4.78, 5) is 46.7. The molecular weight excluding hydrogens is 565 g/mol. The first-order chi connectivity index (χ1) is 14.6. The van der Waals surface area contributed by atoms with Crippen LogP contribution in [0.15, 0.2) is 27.4 Å². The number of alkyl halides is 6. The second-order valence-corrected chi connectivity index (χ2v) is 10.6. The lowest BCUT2D eigenvalue weighted by molar-refractivity contribution is 0.0692. The molecule has 0 atom stereocenters. The van der Waals surface area contributed by atoms with Crippen LogP contribution in [-0.2, 0) is 9.47 Å². The Bertz CT molecular complexity index is 1100. The number of carboxylic acid groups (broad SMARTS) is 1. The summed E-state index contributed by atoms with van der Waals surface area (Å²) in [5.74, 6) is -2.56. The van der Waals surface area contributed by atoms with Crippen molar-refractivity contribution in [2.24, 2.45) is 0 Å². The van der Waals surface area contributed by atoms with Crippen LogP contribution in [0.25, 0.3) is 11.0 Å². The van der Waals surface area contributed by atoms with Gasteiger partial charge in [0.2, 0.25) is 7.59 Å². The lowest BCUT2D eigenvalue weighted by atomic mass is 10.1. The van der Waals surface area contributed by atoms with Crippen LogP contribution >= 0.6 is 69.6 Å². The number of halogens is 6. The molecule has 0 aliphatic carbocycles. The van der Waals surface area contributed by atoms with E-state index < -0.39 is 61.8 Å². The molecule has 1 N–H and O–H groups in total. The molecule has 1 aromatic carbocycles. The van der Waals surface area contributed by atoms with E-state index in [9.17, 15) is 19.2 Å². The number of carbonyl (C=O) groups excluding carboxylic acids is 2. The fourth-order valence-electron chi connectivity index (χ4n) is 1.96. The van der Waals surface area contributed by atoms with Crippen LogP contribution in [-0.4, -0.2) is 44.2 Å². The Morgan fingerprint density at radius 3 is 1.75 bits per heavy atom. The molecule has 0 fully saturated rings. The highest BCUT2D eigenvalue weighted by molar-refractivity contribution is 6.68. The second-order valence-electron chi connectivity index (χ2n) is 5.60. The summed E-state index contributed by atoms with van der Waals surface area (Å²) in [7, 11) is 0. The molecule has 2 rings (SSSR count). The fourth-order valence-corrected chi connectivity index (χ4v) is 2.28. The number of hydrogen-bond acceptors (Lipinski definition) is 9. The Labute approximate surface area is 207 Å². The summed E-state index contributed by atoms with van der Waals surface area (Å²) in [6.07, 6.45) is -2.77. The molecular formula is C16H8Cl6O10. The van der Waals surface area contributed by atoms with Gasteiger partial charge in [-0.2, -0.15) is 0 Å². The highest BCUT2D eigenvalue weighted by Crippen LogP contribution is 2.34. The summed E-state index contributed by atoms with van der Waals surface area (Å²) < 4.78 is 20.0. The maximum absolute atomic E-state index is 11.9. The molecule has 0 saturated heterocycles. The van der Waals surface area contributed by atoms with E-state index in [0.29, 0.717) is 0 Å². The SMILES string of the molecule is O=C(OCC(Cl)(Cl)Cl)Oc1cc2cc(C(=O)O)c(=O)oc2cc1OC(=O)OCC(Cl)(Cl)Cl. The first-order valence-corrected chi connectivity index (χ1v) is 10.1. The monoisotopic (exact) mass is 570 g/mol. The van der Waals surface area contributed by atoms with Gasteiger partial charge >= 0.3 is 23.9 Å². The molecule has 0 radical (unpaired) electrons. The molecule has 0 spiro atoms. The number of ether oxygens (including phenoxy) is 4. The number of aromatic carboxylic acids is 1. The van der Waals surface area contributed by atoms with Crippen molar-refractivity contribution in [3.8, 4) is 11.5 Å². The minimum Gasteiger partial charge on any atom is -0.477 e. The van der Waals surface area contributed by atoms with Crippen LogP contribution in [0.2, 0.25) is 0 Å². The van der Waals surface area contributed by atoms with Gasteiger partial charge in [0.15, 0.2) is 11.5 Å². The largest absolute Gasteiger partial charge is 0.514 e. The average Bonchev–Trinajstić information content (AvgIpc) is 2.63. The predicted molar refractivity (Wildman–Crippen MR) is 114 cm³/mol. The van der Waals surface area contributed by atoms with E-state index in [-0.39, 0.29) is 11.0 Å². The number of hydrogen-bond donors (Lipinski definition) is 1. The molecule has 0 aliphatic rings. The van der Waals surface area contributed by atoms with E-state index in [1.54, 1.807) is 0 Å². The molecule has 1 aromatic heterocycles. The number of fused-ring (bicyclic) bond motifs is 1. The normalized spacial score (nSPS) is 11.7. The van der Waals surface area contributed by atoms with Crippen LogP contribution in [0.5, 0.6) is 11.5 Å². The van der Waals surface area contributed by atoms with Crippen molar-refractivity contribution in [3.05, 3.63) is 34.2 Å². The smallest absolute Gasteiger partial charge is 0.477 e. The molecule has 0 unspecified atom stereocenters. The van der Waals surface area contributed by atoms with Crippen LogP contribution < -0.4 is 15.1 Å². The quantitative estimate of drug-likeness (QED) is 0.218. The van der Waals surface area contributed by atoms with Crippen LogP contribution in [0.3, 0.4) is 0 Å². The first-order valence-electron chi connectivity index (χ1n) is 7.82. The minimum atomic E-state index is -1.94. The Morgan fingerprint density at radius 1 is 0.844 bits per heavy atom. The van der Waals surface area contributed by atoms with Gasteiger partial charge in [-0.1, -0.05) is 69.6 Å². The maximum atomic E-state index is 11.9. The van der Waals surface area contributed by atoms with Gasteiger partial charge in [-0.15, -0.1) is 0 Å². The third-order valence-corrected chi connectivity index (χ3v) is 3.78. The number of carbonyl (C=O) groups is 3. The molecule has 0 bridgehead atoms. The summed E-state index contributed by atoms with van der Waals surface area (Å²) in [5, 5.41) is 9.04. The van der Waals surface area contributed by atoms with E-state index in [1.165, 1.54) is 0 Å². The topological polar surface area (TPSA) is 139 Å². The van der Waals surface area contributed by atoms with Gasteiger partial charge in [0, 0.05) is 11.5 Å². The van der Waals surface area contributed by atoms with Gasteiger partial charge in [0.25, 0.3) is 0 Å². The van der Waals surface area contributed by atoms with Gasteiger partial charge in [-0.3, -0.25) is 0 Å². The standard InChI is InChI=1S/C16H8Cl6O10/c17-15(18,19)4-28-13(26)31-9-2-6-1-7(11(23)24)12(25)30-8(6)3-10(9)32-14(27)29-5-16(20,21)22/h1-3H,4-5H2,(H,23,24). The first kappa shape index (κ1) is 26.4. The highest BCUT2D eigenvalue weighted by atomic mass is 35.6. The van der Waals surface area contributed by atoms with Crippen molar-refractivity contribution >= 4 is 98.9 Å². The highest BCUT2D eigenvalue weighted by Gasteiger charge is 2.26. The van der Waals surface area contributed by atoms with Crippen molar-refractivity contribution in [1.82, 2.24) is 0 Å². The molecule has 174 valence electrons. The van der Waals surface area contributed by atoms with E-state index in [0.717, 1.165) is 18.2 Å². The Morgan fingerprint density at radius 2 is 1.31 bits per heavy atom. The van der Waals surface area contributed by atoms with Gasteiger partial charge < -0.3 is 28.5 Å². The third kappa shape index (κ3) is 8.27. The molecule has 2 aromatic rings. The van der Waals surface area contributed by atoms with E-state index in [4.69, 9.17) is 88.6 Å². The lowest BCUT2D eigenvalue weighted by Gasteiger charge is -2.14. The summed E-state index contributed by atoms with van der Waals surface area (Å²) in [6, 6.07) is 2.89. The predicted octanol–water partition coefficient (Wildman–Crippen LogP) is 5.26. The van der Waals surface area contributed by atoms with Crippen LogP contribution in [0.1, 0.15) is 10.4 Å². The molecule has 0 aliphatic heterocycles. The molecule has 10 nitrogen and oxygen atoms in total.